The van der Waals surface area contributed by atoms with Gasteiger partial charge < -0.3 is 20.9 Å². The van der Waals surface area contributed by atoms with Crippen LogP contribution in [0.1, 0.15) is 12.8 Å². The van der Waals surface area contributed by atoms with Crippen LogP contribution in [0.15, 0.2) is 0 Å². The van der Waals surface area contributed by atoms with E-state index >= 15 is 0 Å². The largest absolute Gasteiger partial charge is 0.386 e. The summed E-state index contributed by atoms with van der Waals surface area (Å²) >= 11 is 1.66. The maximum absolute atomic E-state index is 11.6. The molecule has 94 valence electrons. The summed E-state index contributed by atoms with van der Waals surface area (Å²) in [4.78, 5) is 11.6. The molecule has 0 aromatic heterocycles. The minimum atomic E-state index is -0.908. The van der Waals surface area contributed by atoms with Crippen molar-refractivity contribution in [2.24, 2.45) is 5.73 Å². The molecule has 1 aliphatic heterocycles. The molecule has 6 heteroatoms. The van der Waals surface area contributed by atoms with Crippen molar-refractivity contribution in [1.29, 1.82) is 0 Å². The first-order chi connectivity index (χ1) is 7.57. The van der Waals surface area contributed by atoms with Crippen LogP contribution >= 0.6 is 11.8 Å². The summed E-state index contributed by atoms with van der Waals surface area (Å²) in [6.45, 7) is 1.05. The minimum Gasteiger partial charge on any atom is -0.386 e. The summed E-state index contributed by atoms with van der Waals surface area (Å²) in [6, 6.07) is -0.488. The average Bonchev–Trinajstić information content (AvgIpc) is 2.70. The Kier molecular flexibility index (Phi) is 5.54. The zero-order chi connectivity index (χ0) is 12.0. The third-order valence-corrected chi connectivity index (χ3v) is 3.29. The maximum Gasteiger partial charge on any atom is 0.237 e. The first-order valence-electron chi connectivity index (χ1n) is 5.40. The SMILES string of the molecule is CSCC[C@H](N)C(=O)NCC1(O)CCOC1. The summed E-state index contributed by atoms with van der Waals surface area (Å²) in [5, 5.41) is 12.6. The monoisotopic (exact) mass is 248 g/mol. The molecule has 2 atom stereocenters. The van der Waals surface area contributed by atoms with Gasteiger partial charge in [-0.3, -0.25) is 4.79 Å². The van der Waals surface area contributed by atoms with Crippen LogP contribution in [-0.2, 0) is 9.53 Å². The lowest BCUT2D eigenvalue weighted by Gasteiger charge is -2.21. The third kappa shape index (κ3) is 4.29. The van der Waals surface area contributed by atoms with E-state index in [4.69, 9.17) is 10.5 Å². The second-order valence-electron chi connectivity index (χ2n) is 4.13. The molecule has 4 N–H and O–H groups in total. The highest BCUT2D eigenvalue weighted by Gasteiger charge is 2.32. The number of nitrogens with one attached hydrogen (secondary N) is 1. The molecule has 16 heavy (non-hydrogen) atoms. The number of ether oxygens (including phenoxy) is 1. The first-order valence-corrected chi connectivity index (χ1v) is 6.79. The van der Waals surface area contributed by atoms with Gasteiger partial charge in [0.15, 0.2) is 0 Å². The predicted molar refractivity (Wildman–Crippen MR) is 64.4 cm³/mol. The molecule has 5 nitrogen and oxygen atoms in total. The number of hydrogen-bond acceptors (Lipinski definition) is 5. The summed E-state index contributed by atoms with van der Waals surface area (Å²) in [5.74, 6) is 0.663. The van der Waals surface area contributed by atoms with Gasteiger partial charge in [0.1, 0.15) is 5.60 Å². The molecule has 1 heterocycles. The fourth-order valence-electron chi connectivity index (χ4n) is 1.49. The highest BCUT2D eigenvalue weighted by atomic mass is 32.2. The third-order valence-electron chi connectivity index (χ3n) is 2.64. The molecule has 1 aliphatic rings. The van der Waals surface area contributed by atoms with Crippen molar-refractivity contribution in [3.8, 4) is 0 Å². The van der Waals surface area contributed by atoms with Crippen LogP contribution in [0.2, 0.25) is 0 Å². The lowest BCUT2D eigenvalue weighted by Crippen LogP contribution is -2.48. The lowest BCUT2D eigenvalue weighted by molar-refractivity contribution is -0.123. The van der Waals surface area contributed by atoms with Crippen molar-refractivity contribution < 1.29 is 14.6 Å². The van der Waals surface area contributed by atoms with Gasteiger partial charge in [0.2, 0.25) is 5.91 Å². The minimum absolute atomic E-state index is 0.200. The topological polar surface area (TPSA) is 84.6 Å². The number of nitrogens with two attached hydrogens (primary N) is 1. The second-order valence-corrected chi connectivity index (χ2v) is 5.12. The van der Waals surface area contributed by atoms with E-state index in [0.29, 0.717) is 19.4 Å². The van der Waals surface area contributed by atoms with Gasteiger partial charge in [0, 0.05) is 19.6 Å². The van der Waals surface area contributed by atoms with Gasteiger partial charge in [0.05, 0.1) is 12.6 Å². The molecule has 0 aromatic carbocycles. The zero-order valence-electron chi connectivity index (χ0n) is 9.57. The molecule has 1 saturated heterocycles. The van der Waals surface area contributed by atoms with Crippen LogP contribution in [0, 0.1) is 0 Å². The summed E-state index contributed by atoms with van der Waals surface area (Å²) in [6.07, 6.45) is 3.19. The van der Waals surface area contributed by atoms with E-state index in [9.17, 15) is 9.90 Å². The van der Waals surface area contributed by atoms with Crippen LogP contribution in [0.3, 0.4) is 0 Å². The Morgan fingerprint density at radius 1 is 1.75 bits per heavy atom. The molecule has 0 radical (unpaired) electrons. The zero-order valence-corrected chi connectivity index (χ0v) is 10.4. The molecule has 0 aromatic rings. The quantitative estimate of drug-likeness (QED) is 0.581. The molecule has 1 amide bonds. The van der Waals surface area contributed by atoms with Crippen molar-refractivity contribution >= 4 is 17.7 Å². The Balaban J connectivity index is 2.23. The molecule has 0 spiro atoms. The van der Waals surface area contributed by atoms with Crippen LogP contribution in [0.25, 0.3) is 0 Å². The second kappa shape index (κ2) is 6.44. The van der Waals surface area contributed by atoms with E-state index in [0.717, 1.165) is 5.75 Å². The number of carbonyl (C=O) groups excluding carboxylic acids is 1. The molecular weight excluding hydrogens is 228 g/mol. The van der Waals surface area contributed by atoms with Crippen LogP contribution in [0.4, 0.5) is 0 Å². The molecule has 0 saturated carbocycles. The standard InChI is InChI=1S/C10H20N2O3S/c1-16-5-2-8(11)9(13)12-6-10(14)3-4-15-7-10/h8,14H,2-7,11H2,1H3,(H,12,13)/t8-,10?/m0/s1. The Bertz CT molecular complexity index is 232. The van der Waals surface area contributed by atoms with Gasteiger partial charge in [-0.2, -0.15) is 11.8 Å². The number of carbonyl (C=O) groups is 1. The number of thioether (sulfide) groups is 1. The molecular formula is C10H20N2O3S. The highest BCUT2D eigenvalue weighted by Crippen LogP contribution is 2.16. The van der Waals surface area contributed by atoms with Crippen molar-refractivity contribution in [2.45, 2.75) is 24.5 Å². The predicted octanol–water partition coefficient (Wildman–Crippen LogP) is -0.666. The van der Waals surface area contributed by atoms with Gasteiger partial charge >= 0.3 is 0 Å². The van der Waals surface area contributed by atoms with E-state index in [2.05, 4.69) is 5.32 Å². The van der Waals surface area contributed by atoms with E-state index in [1.807, 2.05) is 6.26 Å². The van der Waals surface area contributed by atoms with E-state index in [1.165, 1.54) is 0 Å². The Hall–Kier alpha value is -0.300. The summed E-state index contributed by atoms with van der Waals surface area (Å²) in [7, 11) is 0. The van der Waals surface area contributed by atoms with Gasteiger partial charge in [-0.25, -0.2) is 0 Å². The van der Waals surface area contributed by atoms with Crippen molar-refractivity contribution in [3.63, 3.8) is 0 Å². The van der Waals surface area contributed by atoms with Gasteiger partial charge in [0.25, 0.3) is 0 Å². The first kappa shape index (κ1) is 13.8. The normalized spacial score (nSPS) is 26.7. The molecule has 1 unspecified atom stereocenters. The number of hydrogen-bond donors (Lipinski definition) is 3. The smallest absolute Gasteiger partial charge is 0.237 e. The van der Waals surface area contributed by atoms with E-state index in [-0.39, 0.29) is 19.1 Å². The van der Waals surface area contributed by atoms with Crippen molar-refractivity contribution in [2.75, 3.05) is 31.8 Å². The number of amides is 1. The Morgan fingerprint density at radius 3 is 3.06 bits per heavy atom. The number of rotatable bonds is 6. The average molecular weight is 248 g/mol. The fraction of sp³-hybridized carbons (Fsp3) is 0.900. The van der Waals surface area contributed by atoms with Gasteiger partial charge in [-0.05, 0) is 18.4 Å². The molecule has 0 aliphatic carbocycles. The summed E-state index contributed by atoms with van der Waals surface area (Å²) < 4.78 is 5.08. The highest BCUT2D eigenvalue weighted by molar-refractivity contribution is 7.98. The van der Waals surface area contributed by atoms with Crippen molar-refractivity contribution in [3.05, 3.63) is 0 Å². The molecule has 1 fully saturated rings. The summed E-state index contributed by atoms with van der Waals surface area (Å²) in [5.41, 5.74) is 4.79. The lowest BCUT2D eigenvalue weighted by atomic mass is 10.0. The van der Waals surface area contributed by atoms with E-state index < -0.39 is 11.6 Å². The fourth-order valence-corrected chi connectivity index (χ4v) is 1.98. The molecule has 1 rings (SSSR count). The van der Waals surface area contributed by atoms with Gasteiger partial charge in [-0.1, -0.05) is 0 Å². The Labute approximate surface area is 100 Å². The van der Waals surface area contributed by atoms with Crippen LogP contribution < -0.4 is 11.1 Å². The van der Waals surface area contributed by atoms with Crippen LogP contribution in [-0.4, -0.2) is 54.4 Å². The van der Waals surface area contributed by atoms with Crippen LogP contribution in [0.5, 0.6) is 0 Å². The van der Waals surface area contributed by atoms with Crippen molar-refractivity contribution in [1.82, 2.24) is 5.32 Å². The Morgan fingerprint density at radius 2 is 2.50 bits per heavy atom. The number of aliphatic hydroxyl groups is 1. The maximum atomic E-state index is 11.6. The molecule has 0 bridgehead atoms. The van der Waals surface area contributed by atoms with E-state index in [1.54, 1.807) is 11.8 Å². The van der Waals surface area contributed by atoms with Gasteiger partial charge in [-0.15, -0.1) is 0 Å².